The van der Waals surface area contributed by atoms with Gasteiger partial charge in [-0.15, -0.1) is 0 Å². The van der Waals surface area contributed by atoms with E-state index in [1.165, 1.54) is 0 Å². The monoisotopic (exact) mass is 452 g/mol. The van der Waals surface area contributed by atoms with Crippen LogP contribution in [0.3, 0.4) is 0 Å². The van der Waals surface area contributed by atoms with Crippen molar-refractivity contribution in [3.8, 4) is 11.1 Å². The van der Waals surface area contributed by atoms with Crippen LogP contribution in [-0.4, -0.2) is 41.8 Å². The SMILES string of the molecule is CC(C)CC(NC(=O)OCC1c2ccccc2-c2ccccc21)C(=O)NC(C(=O)O)C(C)C. The van der Waals surface area contributed by atoms with E-state index >= 15 is 0 Å². The van der Waals surface area contributed by atoms with E-state index in [4.69, 9.17) is 4.74 Å². The molecule has 0 fully saturated rings. The van der Waals surface area contributed by atoms with Gasteiger partial charge in [-0.3, -0.25) is 4.79 Å². The van der Waals surface area contributed by atoms with Gasteiger partial charge in [0.1, 0.15) is 18.7 Å². The van der Waals surface area contributed by atoms with Crippen molar-refractivity contribution in [1.29, 1.82) is 0 Å². The van der Waals surface area contributed by atoms with Crippen molar-refractivity contribution in [2.45, 2.75) is 52.1 Å². The van der Waals surface area contributed by atoms with Gasteiger partial charge in [0.15, 0.2) is 0 Å². The molecule has 0 bridgehead atoms. The summed E-state index contributed by atoms with van der Waals surface area (Å²) in [7, 11) is 0. The van der Waals surface area contributed by atoms with Crippen LogP contribution < -0.4 is 10.6 Å². The van der Waals surface area contributed by atoms with E-state index < -0.39 is 30.1 Å². The number of aliphatic carboxylic acids is 1. The highest BCUT2D eigenvalue weighted by molar-refractivity contribution is 5.89. The number of amides is 2. The maximum absolute atomic E-state index is 12.8. The standard InChI is InChI=1S/C26H32N2O5/c1-15(2)13-22(24(29)28-23(16(3)4)25(30)31)27-26(32)33-14-21-19-11-7-5-9-17(19)18-10-6-8-12-20(18)21/h5-12,15-16,21-23H,13-14H2,1-4H3,(H,27,32)(H,28,29)(H,30,31). The van der Waals surface area contributed by atoms with Gasteiger partial charge in [-0.2, -0.15) is 0 Å². The van der Waals surface area contributed by atoms with Gasteiger partial charge >= 0.3 is 12.1 Å². The molecule has 3 N–H and O–H groups in total. The summed E-state index contributed by atoms with van der Waals surface area (Å²) in [5.74, 6) is -1.91. The van der Waals surface area contributed by atoms with Gasteiger partial charge in [-0.1, -0.05) is 76.2 Å². The molecule has 33 heavy (non-hydrogen) atoms. The molecule has 0 saturated carbocycles. The van der Waals surface area contributed by atoms with Crippen molar-refractivity contribution in [2.75, 3.05) is 6.61 Å². The van der Waals surface area contributed by atoms with Gasteiger partial charge in [0.25, 0.3) is 0 Å². The van der Waals surface area contributed by atoms with E-state index in [9.17, 15) is 19.5 Å². The molecule has 0 aliphatic heterocycles. The number of alkyl carbamates (subject to hydrolysis) is 1. The topological polar surface area (TPSA) is 105 Å². The number of carboxylic acids is 1. The normalized spacial score (nSPS) is 14.4. The number of ether oxygens (including phenoxy) is 1. The largest absolute Gasteiger partial charge is 0.480 e. The number of carbonyl (C=O) groups is 3. The average molecular weight is 453 g/mol. The number of benzene rings is 2. The molecular formula is C26H32N2O5. The third-order valence-corrected chi connectivity index (χ3v) is 5.89. The lowest BCUT2D eigenvalue weighted by atomic mass is 9.98. The minimum atomic E-state index is -1.11. The third kappa shape index (κ3) is 5.72. The number of rotatable bonds is 9. The van der Waals surface area contributed by atoms with E-state index in [1.807, 2.05) is 50.2 Å². The molecule has 2 unspecified atom stereocenters. The van der Waals surface area contributed by atoms with Crippen LogP contribution in [0.1, 0.15) is 51.2 Å². The first-order chi connectivity index (χ1) is 15.7. The van der Waals surface area contributed by atoms with Crippen LogP contribution in [0.15, 0.2) is 48.5 Å². The van der Waals surface area contributed by atoms with Gasteiger partial charge in [0.05, 0.1) is 0 Å². The van der Waals surface area contributed by atoms with E-state index in [-0.39, 0.29) is 24.4 Å². The fourth-order valence-corrected chi connectivity index (χ4v) is 4.25. The Morgan fingerprint density at radius 1 is 0.909 bits per heavy atom. The molecule has 2 amide bonds. The fourth-order valence-electron chi connectivity index (χ4n) is 4.25. The van der Waals surface area contributed by atoms with E-state index in [0.29, 0.717) is 6.42 Å². The van der Waals surface area contributed by atoms with Crippen LogP contribution in [0.25, 0.3) is 11.1 Å². The van der Waals surface area contributed by atoms with Gasteiger partial charge in [-0.05, 0) is 40.5 Å². The van der Waals surface area contributed by atoms with Crippen molar-refractivity contribution in [2.24, 2.45) is 11.8 Å². The summed E-state index contributed by atoms with van der Waals surface area (Å²) in [6, 6.07) is 14.2. The zero-order valence-electron chi connectivity index (χ0n) is 19.5. The van der Waals surface area contributed by atoms with Gasteiger partial charge in [0.2, 0.25) is 5.91 Å². The fraction of sp³-hybridized carbons (Fsp3) is 0.423. The highest BCUT2D eigenvalue weighted by Crippen LogP contribution is 2.44. The lowest BCUT2D eigenvalue weighted by molar-refractivity contribution is -0.143. The Kier molecular flexibility index (Phi) is 7.74. The molecule has 2 aromatic carbocycles. The second-order valence-corrected chi connectivity index (χ2v) is 9.22. The molecule has 0 aromatic heterocycles. The van der Waals surface area contributed by atoms with Crippen LogP contribution in [0.4, 0.5) is 4.79 Å². The molecule has 1 aliphatic rings. The lowest BCUT2D eigenvalue weighted by Crippen LogP contribution is -2.53. The van der Waals surface area contributed by atoms with Crippen molar-refractivity contribution in [3.05, 3.63) is 59.7 Å². The summed E-state index contributed by atoms with van der Waals surface area (Å²) in [5.41, 5.74) is 4.47. The van der Waals surface area contributed by atoms with E-state index in [1.54, 1.807) is 13.8 Å². The summed E-state index contributed by atoms with van der Waals surface area (Å²) >= 11 is 0. The molecule has 2 aromatic rings. The molecule has 0 radical (unpaired) electrons. The van der Waals surface area contributed by atoms with E-state index in [2.05, 4.69) is 22.8 Å². The van der Waals surface area contributed by atoms with Crippen LogP contribution in [-0.2, 0) is 14.3 Å². The number of nitrogens with one attached hydrogen (secondary N) is 2. The number of hydrogen-bond acceptors (Lipinski definition) is 4. The Morgan fingerprint density at radius 3 is 1.94 bits per heavy atom. The molecule has 1 aliphatic carbocycles. The lowest BCUT2D eigenvalue weighted by Gasteiger charge is -2.24. The molecule has 0 heterocycles. The van der Waals surface area contributed by atoms with Gasteiger partial charge in [-0.25, -0.2) is 9.59 Å². The quantitative estimate of drug-likeness (QED) is 0.530. The zero-order valence-corrected chi connectivity index (χ0v) is 19.5. The molecule has 0 spiro atoms. The molecule has 176 valence electrons. The first kappa shape index (κ1) is 24.3. The van der Waals surface area contributed by atoms with Crippen molar-refractivity contribution < 1.29 is 24.2 Å². The summed E-state index contributed by atoms with van der Waals surface area (Å²) in [4.78, 5) is 36.9. The highest BCUT2D eigenvalue weighted by Gasteiger charge is 2.31. The second kappa shape index (κ2) is 10.5. The maximum Gasteiger partial charge on any atom is 0.407 e. The Balaban J connectivity index is 1.67. The summed E-state index contributed by atoms with van der Waals surface area (Å²) in [5, 5.41) is 14.6. The number of carboxylic acid groups (broad SMARTS) is 1. The molecular weight excluding hydrogens is 420 g/mol. The van der Waals surface area contributed by atoms with Crippen LogP contribution in [0.5, 0.6) is 0 Å². The Morgan fingerprint density at radius 2 is 1.45 bits per heavy atom. The summed E-state index contributed by atoms with van der Waals surface area (Å²) < 4.78 is 5.56. The smallest absolute Gasteiger partial charge is 0.407 e. The van der Waals surface area contributed by atoms with Gasteiger partial charge < -0.3 is 20.5 Å². The van der Waals surface area contributed by atoms with Crippen molar-refractivity contribution in [1.82, 2.24) is 10.6 Å². The Bertz CT molecular complexity index is 972. The minimum absolute atomic E-state index is 0.0853. The second-order valence-electron chi connectivity index (χ2n) is 9.22. The van der Waals surface area contributed by atoms with Crippen LogP contribution >= 0.6 is 0 Å². The summed E-state index contributed by atoms with van der Waals surface area (Å²) in [6.45, 7) is 7.43. The zero-order chi connectivity index (χ0) is 24.1. The van der Waals surface area contributed by atoms with Crippen LogP contribution in [0, 0.1) is 11.8 Å². The van der Waals surface area contributed by atoms with Crippen LogP contribution in [0.2, 0.25) is 0 Å². The third-order valence-electron chi connectivity index (χ3n) is 5.89. The molecule has 7 nitrogen and oxygen atoms in total. The number of hydrogen-bond donors (Lipinski definition) is 3. The number of carbonyl (C=O) groups excluding carboxylic acids is 2. The van der Waals surface area contributed by atoms with E-state index in [0.717, 1.165) is 22.3 Å². The summed E-state index contributed by atoms with van der Waals surface area (Å²) in [6.07, 6.45) is -0.338. The Hall–Kier alpha value is -3.35. The number of fused-ring (bicyclic) bond motifs is 3. The average Bonchev–Trinajstić information content (AvgIpc) is 3.08. The molecule has 0 saturated heterocycles. The first-order valence-electron chi connectivity index (χ1n) is 11.3. The van der Waals surface area contributed by atoms with Crippen molar-refractivity contribution in [3.63, 3.8) is 0 Å². The highest BCUT2D eigenvalue weighted by atomic mass is 16.5. The first-order valence-corrected chi connectivity index (χ1v) is 11.3. The molecule has 7 heteroatoms. The maximum atomic E-state index is 12.8. The van der Waals surface area contributed by atoms with Crippen molar-refractivity contribution >= 4 is 18.0 Å². The predicted octanol–water partition coefficient (Wildman–Crippen LogP) is 4.17. The molecule has 2 atom stereocenters. The van der Waals surface area contributed by atoms with Gasteiger partial charge in [0, 0.05) is 5.92 Å². The Labute approximate surface area is 194 Å². The predicted molar refractivity (Wildman–Crippen MR) is 126 cm³/mol. The molecule has 3 rings (SSSR count). The minimum Gasteiger partial charge on any atom is -0.480 e.